The lowest BCUT2D eigenvalue weighted by Gasteiger charge is -2.08. The molecule has 0 aromatic carbocycles. The van der Waals surface area contributed by atoms with E-state index in [9.17, 15) is 0 Å². The van der Waals surface area contributed by atoms with Crippen molar-refractivity contribution in [3.05, 3.63) is 36.5 Å². The summed E-state index contributed by atoms with van der Waals surface area (Å²) in [6, 6.07) is 0.0624. The second kappa shape index (κ2) is 6.57. The second-order valence-electron chi connectivity index (χ2n) is 4.04. The molecule has 0 saturated heterocycles. The Morgan fingerprint density at radius 3 is 1.50 bits per heavy atom. The Morgan fingerprint density at radius 2 is 1.29 bits per heavy atom. The van der Waals surface area contributed by atoms with Crippen molar-refractivity contribution in [1.29, 1.82) is 0 Å². The number of hydrogen-bond donors (Lipinski definition) is 2. The minimum Gasteiger partial charge on any atom is -0.324 e. The van der Waals surface area contributed by atoms with Crippen LogP contribution in [0, 0.1) is 0 Å². The molecule has 0 saturated carbocycles. The largest absolute Gasteiger partial charge is 0.324 e. The van der Waals surface area contributed by atoms with Gasteiger partial charge in [0.25, 0.3) is 0 Å². The third-order valence-electron chi connectivity index (χ3n) is 1.77. The van der Waals surface area contributed by atoms with Crippen LogP contribution in [0.5, 0.6) is 0 Å². The molecule has 2 heteroatoms. The molecule has 0 heterocycles. The van der Waals surface area contributed by atoms with Gasteiger partial charge in [0.15, 0.2) is 0 Å². The Bertz CT molecular complexity index is 204. The Hall–Kier alpha value is -0.860. The van der Waals surface area contributed by atoms with Crippen LogP contribution >= 0.6 is 0 Å². The van der Waals surface area contributed by atoms with Gasteiger partial charge in [-0.15, -0.1) is 13.2 Å². The van der Waals surface area contributed by atoms with Gasteiger partial charge < -0.3 is 11.5 Å². The van der Waals surface area contributed by atoms with Crippen LogP contribution in [-0.2, 0) is 0 Å². The first-order valence-corrected chi connectivity index (χ1v) is 4.90. The molecule has 0 aromatic heterocycles. The number of hydrogen-bond acceptors (Lipinski definition) is 2. The molecule has 0 aromatic rings. The van der Waals surface area contributed by atoms with Crippen molar-refractivity contribution in [3.8, 4) is 0 Å². The summed E-state index contributed by atoms with van der Waals surface area (Å²) in [5.74, 6) is 0. The van der Waals surface area contributed by atoms with E-state index in [1.54, 1.807) is 0 Å². The van der Waals surface area contributed by atoms with Gasteiger partial charge in [0, 0.05) is 12.1 Å². The summed E-state index contributed by atoms with van der Waals surface area (Å²) in [6.45, 7) is 11.6. The number of rotatable bonds is 6. The fourth-order valence-electron chi connectivity index (χ4n) is 1.23. The molecule has 0 amide bonds. The third-order valence-corrected chi connectivity index (χ3v) is 1.77. The van der Waals surface area contributed by atoms with Crippen LogP contribution in [0.2, 0.25) is 0 Å². The minimum absolute atomic E-state index is 0.0312. The van der Waals surface area contributed by atoms with Crippen molar-refractivity contribution in [1.82, 2.24) is 0 Å². The molecule has 0 aliphatic rings. The van der Waals surface area contributed by atoms with Gasteiger partial charge in [-0.05, 0) is 26.7 Å². The highest BCUT2D eigenvalue weighted by Gasteiger charge is 2.00. The molecule has 2 nitrogen and oxygen atoms in total. The van der Waals surface area contributed by atoms with Crippen molar-refractivity contribution in [2.75, 3.05) is 0 Å². The average molecular weight is 194 g/mol. The summed E-state index contributed by atoms with van der Waals surface area (Å²) in [5, 5.41) is 0. The highest BCUT2D eigenvalue weighted by atomic mass is 14.6. The fraction of sp³-hybridized carbons (Fsp3) is 0.500. The van der Waals surface area contributed by atoms with Crippen LogP contribution in [0.4, 0.5) is 0 Å². The van der Waals surface area contributed by atoms with E-state index in [-0.39, 0.29) is 12.1 Å². The summed E-state index contributed by atoms with van der Waals surface area (Å²) in [5.41, 5.74) is 13.8. The highest BCUT2D eigenvalue weighted by Crippen LogP contribution is 2.04. The molecule has 80 valence electrons. The molecule has 4 N–H and O–H groups in total. The monoisotopic (exact) mass is 194 g/mol. The molecule has 0 bridgehead atoms. The van der Waals surface area contributed by atoms with Crippen LogP contribution in [0.1, 0.15) is 26.7 Å². The molecule has 2 unspecified atom stereocenters. The maximum atomic E-state index is 5.83. The lowest BCUT2D eigenvalue weighted by molar-refractivity contribution is 0.765. The molecule has 14 heavy (non-hydrogen) atoms. The topological polar surface area (TPSA) is 52.0 Å². The van der Waals surface area contributed by atoms with Gasteiger partial charge in [0.05, 0.1) is 0 Å². The molecule has 0 aliphatic heterocycles. The van der Waals surface area contributed by atoms with Crippen LogP contribution < -0.4 is 11.5 Å². The van der Waals surface area contributed by atoms with E-state index in [0.717, 1.165) is 24.0 Å². The van der Waals surface area contributed by atoms with E-state index in [1.165, 1.54) is 0 Å². The van der Waals surface area contributed by atoms with Crippen molar-refractivity contribution in [3.63, 3.8) is 0 Å². The standard InChI is InChI=1S/C12H22N2/c1-9(2)7-11(13)5-6-12(14)8-10(3)4/h5-6,11-12H,1,3,7-8,13-14H2,2,4H3/b6-5-. The highest BCUT2D eigenvalue weighted by molar-refractivity contribution is 5.06. The molecular weight excluding hydrogens is 172 g/mol. The predicted molar refractivity (Wildman–Crippen MR) is 64.0 cm³/mol. The lowest BCUT2D eigenvalue weighted by Crippen LogP contribution is -2.21. The zero-order valence-corrected chi connectivity index (χ0v) is 9.29. The summed E-state index contributed by atoms with van der Waals surface area (Å²) >= 11 is 0. The van der Waals surface area contributed by atoms with Gasteiger partial charge in [-0.25, -0.2) is 0 Å². The quantitative estimate of drug-likeness (QED) is 0.636. The van der Waals surface area contributed by atoms with Crippen LogP contribution in [0.25, 0.3) is 0 Å². The van der Waals surface area contributed by atoms with Crippen LogP contribution in [0.3, 0.4) is 0 Å². The molecular formula is C12H22N2. The first-order valence-electron chi connectivity index (χ1n) is 4.90. The van der Waals surface area contributed by atoms with E-state index in [2.05, 4.69) is 13.2 Å². The van der Waals surface area contributed by atoms with E-state index in [4.69, 9.17) is 11.5 Å². The van der Waals surface area contributed by atoms with Gasteiger partial charge >= 0.3 is 0 Å². The Morgan fingerprint density at radius 1 is 1.00 bits per heavy atom. The summed E-state index contributed by atoms with van der Waals surface area (Å²) in [7, 11) is 0. The number of nitrogens with two attached hydrogens (primary N) is 2. The molecule has 0 fully saturated rings. The Labute approximate surface area is 87.4 Å². The third kappa shape index (κ3) is 7.77. The molecule has 2 atom stereocenters. The van der Waals surface area contributed by atoms with Gasteiger partial charge in [0.1, 0.15) is 0 Å². The minimum atomic E-state index is 0.0312. The summed E-state index contributed by atoms with van der Waals surface area (Å²) < 4.78 is 0. The van der Waals surface area contributed by atoms with E-state index >= 15 is 0 Å². The molecule has 0 spiro atoms. The maximum absolute atomic E-state index is 5.83. The molecule has 0 rings (SSSR count). The lowest BCUT2D eigenvalue weighted by atomic mass is 10.1. The van der Waals surface area contributed by atoms with Crippen LogP contribution in [-0.4, -0.2) is 12.1 Å². The van der Waals surface area contributed by atoms with Gasteiger partial charge in [-0.3, -0.25) is 0 Å². The molecule has 0 radical (unpaired) electrons. The van der Waals surface area contributed by atoms with Crippen molar-refractivity contribution >= 4 is 0 Å². The normalized spacial score (nSPS) is 15.4. The van der Waals surface area contributed by atoms with E-state index < -0.39 is 0 Å². The first-order chi connectivity index (χ1) is 6.41. The predicted octanol–water partition coefficient (Wildman–Crippen LogP) is 2.13. The Kier molecular flexibility index (Phi) is 6.17. The van der Waals surface area contributed by atoms with Crippen molar-refractivity contribution in [2.45, 2.75) is 38.8 Å². The summed E-state index contributed by atoms with van der Waals surface area (Å²) in [6.07, 6.45) is 5.52. The zero-order chi connectivity index (χ0) is 11.1. The van der Waals surface area contributed by atoms with Crippen LogP contribution in [0.15, 0.2) is 36.5 Å². The SMILES string of the molecule is C=C(C)CC(N)/C=C\C(N)CC(=C)C. The van der Waals surface area contributed by atoms with Crippen molar-refractivity contribution in [2.24, 2.45) is 11.5 Å². The second-order valence-corrected chi connectivity index (χ2v) is 4.04. The van der Waals surface area contributed by atoms with E-state index in [0.29, 0.717) is 0 Å². The zero-order valence-electron chi connectivity index (χ0n) is 9.29. The first kappa shape index (κ1) is 13.1. The van der Waals surface area contributed by atoms with Gasteiger partial charge in [0.2, 0.25) is 0 Å². The molecule has 0 aliphatic carbocycles. The fourth-order valence-corrected chi connectivity index (χ4v) is 1.23. The average Bonchev–Trinajstić information content (AvgIpc) is 1.98. The smallest absolute Gasteiger partial charge is 0.0261 e. The van der Waals surface area contributed by atoms with Crippen molar-refractivity contribution < 1.29 is 0 Å². The maximum Gasteiger partial charge on any atom is 0.0261 e. The van der Waals surface area contributed by atoms with Gasteiger partial charge in [-0.2, -0.15) is 0 Å². The summed E-state index contributed by atoms with van der Waals surface area (Å²) in [4.78, 5) is 0. The van der Waals surface area contributed by atoms with E-state index in [1.807, 2.05) is 26.0 Å². The van der Waals surface area contributed by atoms with Gasteiger partial charge in [-0.1, -0.05) is 23.3 Å². The Balaban J connectivity index is 3.90.